The number of carboxylic acid groups (broad SMARTS) is 1. The summed E-state index contributed by atoms with van der Waals surface area (Å²) in [6, 6.07) is 15.0. The Kier molecular flexibility index (Phi) is 7.15. The number of hydrogen-bond acceptors (Lipinski definition) is 5. The molecular weight excluding hydrogens is 412 g/mol. The molecule has 0 bridgehead atoms. The number of carboxylic acids is 1. The zero-order valence-corrected chi connectivity index (χ0v) is 18.4. The van der Waals surface area contributed by atoms with Crippen LogP contribution in [0.25, 0.3) is 11.1 Å². The molecule has 0 spiro atoms. The third-order valence-electron chi connectivity index (χ3n) is 5.57. The molecule has 2 amide bonds. The van der Waals surface area contributed by atoms with E-state index in [0.29, 0.717) is 0 Å². The van der Waals surface area contributed by atoms with Crippen LogP contribution >= 0.6 is 0 Å². The van der Waals surface area contributed by atoms with E-state index in [1.807, 2.05) is 48.5 Å². The second-order valence-electron chi connectivity index (χ2n) is 8.38. The van der Waals surface area contributed by atoms with E-state index in [9.17, 15) is 19.5 Å². The number of amides is 2. The summed E-state index contributed by atoms with van der Waals surface area (Å²) < 4.78 is 10.5. The van der Waals surface area contributed by atoms with Gasteiger partial charge in [-0.15, -0.1) is 0 Å². The second-order valence-corrected chi connectivity index (χ2v) is 8.38. The Labute approximate surface area is 186 Å². The standard InChI is InChI=1S/C24H28N2O6/c1-24(2,22(28)29)14-25-21(27)20(13-31-3)26-23(30)32-12-19-17-10-6-4-8-15(17)16-9-5-7-11-18(16)19/h4-11,19-20H,12-14H2,1-3H3,(H,25,27)(H,26,30)(H,28,29)/t20-/m0/s1. The number of carbonyl (C=O) groups is 3. The first kappa shape index (κ1) is 23.3. The molecule has 1 aliphatic carbocycles. The van der Waals surface area contributed by atoms with Gasteiger partial charge >= 0.3 is 12.1 Å². The molecule has 0 heterocycles. The Morgan fingerprint density at radius 3 is 2.12 bits per heavy atom. The summed E-state index contributed by atoms with van der Waals surface area (Å²) in [5.74, 6) is -1.68. The molecule has 0 radical (unpaired) electrons. The Bertz CT molecular complexity index is 958. The van der Waals surface area contributed by atoms with Crippen molar-refractivity contribution in [1.29, 1.82) is 0 Å². The van der Waals surface area contributed by atoms with Gasteiger partial charge in [0.05, 0.1) is 12.0 Å². The number of ether oxygens (including phenoxy) is 2. The first-order valence-electron chi connectivity index (χ1n) is 10.4. The molecule has 2 aromatic carbocycles. The van der Waals surface area contributed by atoms with Crippen LogP contribution in [0.4, 0.5) is 4.79 Å². The topological polar surface area (TPSA) is 114 Å². The molecule has 3 rings (SSSR count). The van der Waals surface area contributed by atoms with Gasteiger partial charge in [-0.3, -0.25) is 9.59 Å². The van der Waals surface area contributed by atoms with E-state index in [-0.39, 0.29) is 25.7 Å². The van der Waals surface area contributed by atoms with Gasteiger partial charge in [-0.05, 0) is 36.1 Å². The average Bonchev–Trinajstić information content (AvgIpc) is 3.09. The minimum Gasteiger partial charge on any atom is -0.481 e. The van der Waals surface area contributed by atoms with Crippen LogP contribution < -0.4 is 10.6 Å². The first-order chi connectivity index (χ1) is 15.2. The van der Waals surface area contributed by atoms with E-state index < -0.39 is 29.4 Å². The van der Waals surface area contributed by atoms with Gasteiger partial charge in [0.15, 0.2) is 0 Å². The van der Waals surface area contributed by atoms with Crippen molar-refractivity contribution < 1.29 is 29.0 Å². The van der Waals surface area contributed by atoms with Crippen LogP contribution in [0.15, 0.2) is 48.5 Å². The van der Waals surface area contributed by atoms with Crippen molar-refractivity contribution in [3.63, 3.8) is 0 Å². The highest BCUT2D eigenvalue weighted by Gasteiger charge is 2.31. The van der Waals surface area contributed by atoms with Gasteiger partial charge in [-0.25, -0.2) is 4.79 Å². The van der Waals surface area contributed by atoms with Crippen LogP contribution in [0.2, 0.25) is 0 Å². The third kappa shape index (κ3) is 5.08. The number of alkyl carbamates (subject to hydrolysis) is 1. The quantitative estimate of drug-likeness (QED) is 0.553. The summed E-state index contributed by atoms with van der Waals surface area (Å²) in [6.45, 7) is 2.95. The van der Waals surface area contributed by atoms with E-state index >= 15 is 0 Å². The highest BCUT2D eigenvalue weighted by atomic mass is 16.5. The summed E-state index contributed by atoms with van der Waals surface area (Å²) in [5, 5.41) is 14.2. The summed E-state index contributed by atoms with van der Waals surface area (Å²) in [6.07, 6.45) is -0.749. The second kappa shape index (κ2) is 9.82. The largest absolute Gasteiger partial charge is 0.481 e. The normalized spacial score (nSPS) is 13.6. The number of aliphatic carboxylic acids is 1. The van der Waals surface area contributed by atoms with Gasteiger partial charge in [0.2, 0.25) is 5.91 Å². The number of fused-ring (bicyclic) bond motifs is 3. The highest BCUT2D eigenvalue weighted by molar-refractivity contribution is 5.86. The lowest BCUT2D eigenvalue weighted by molar-refractivity contribution is -0.146. The molecule has 1 atom stereocenters. The van der Waals surface area contributed by atoms with Crippen molar-refractivity contribution in [2.75, 3.05) is 26.9 Å². The molecule has 8 nitrogen and oxygen atoms in total. The van der Waals surface area contributed by atoms with Crippen LogP contribution in [-0.4, -0.2) is 56.0 Å². The number of carbonyl (C=O) groups excluding carboxylic acids is 2. The van der Waals surface area contributed by atoms with Gasteiger partial charge in [-0.1, -0.05) is 48.5 Å². The molecule has 0 saturated carbocycles. The number of methoxy groups -OCH3 is 1. The fourth-order valence-electron chi connectivity index (χ4n) is 3.64. The maximum Gasteiger partial charge on any atom is 0.407 e. The first-order valence-corrected chi connectivity index (χ1v) is 10.4. The lowest BCUT2D eigenvalue weighted by Gasteiger charge is -2.23. The molecule has 0 fully saturated rings. The fraction of sp³-hybridized carbons (Fsp3) is 0.375. The maximum absolute atomic E-state index is 12.5. The Balaban J connectivity index is 1.61. The molecule has 3 N–H and O–H groups in total. The smallest absolute Gasteiger partial charge is 0.407 e. The summed E-state index contributed by atoms with van der Waals surface area (Å²) in [7, 11) is 1.40. The Hall–Kier alpha value is -3.39. The van der Waals surface area contributed by atoms with Gasteiger partial charge in [0.25, 0.3) is 0 Å². The summed E-state index contributed by atoms with van der Waals surface area (Å²) in [4.78, 5) is 36.2. The van der Waals surface area contributed by atoms with Crippen LogP contribution in [0.5, 0.6) is 0 Å². The van der Waals surface area contributed by atoms with E-state index in [2.05, 4.69) is 10.6 Å². The van der Waals surface area contributed by atoms with Crippen molar-refractivity contribution >= 4 is 18.0 Å². The average molecular weight is 440 g/mol. The van der Waals surface area contributed by atoms with Gasteiger partial charge in [0, 0.05) is 19.6 Å². The number of benzene rings is 2. The predicted molar refractivity (Wildman–Crippen MR) is 118 cm³/mol. The predicted octanol–water partition coefficient (Wildman–Crippen LogP) is 2.77. The molecular formula is C24H28N2O6. The van der Waals surface area contributed by atoms with E-state index in [0.717, 1.165) is 22.3 Å². The summed E-state index contributed by atoms with van der Waals surface area (Å²) >= 11 is 0. The molecule has 32 heavy (non-hydrogen) atoms. The highest BCUT2D eigenvalue weighted by Crippen LogP contribution is 2.44. The van der Waals surface area contributed by atoms with E-state index in [1.54, 1.807) is 0 Å². The SMILES string of the molecule is COC[C@H](NC(=O)OCC1c2ccccc2-c2ccccc21)C(=O)NCC(C)(C)C(=O)O. The zero-order valence-electron chi connectivity index (χ0n) is 18.4. The van der Waals surface area contributed by atoms with Crippen LogP contribution in [-0.2, 0) is 19.1 Å². The van der Waals surface area contributed by atoms with Crippen LogP contribution in [0, 0.1) is 5.41 Å². The monoisotopic (exact) mass is 440 g/mol. The van der Waals surface area contributed by atoms with Gasteiger partial charge in [-0.2, -0.15) is 0 Å². The Morgan fingerprint density at radius 1 is 1.03 bits per heavy atom. The van der Waals surface area contributed by atoms with Crippen molar-refractivity contribution in [3.8, 4) is 11.1 Å². The minimum absolute atomic E-state index is 0.0798. The van der Waals surface area contributed by atoms with Crippen molar-refractivity contribution in [1.82, 2.24) is 10.6 Å². The maximum atomic E-state index is 12.5. The van der Waals surface area contributed by atoms with Crippen molar-refractivity contribution in [2.24, 2.45) is 5.41 Å². The van der Waals surface area contributed by atoms with Crippen LogP contribution in [0.3, 0.4) is 0 Å². The molecule has 2 aromatic rings. The van der Waals surface area contributed by atoms with Crippen molar-refractivity contribution in [3.05, 3.63) is 59.7 Å². The van der Waals surface area contributed by atoms with E-state index in [1.165, 1.54) is 21.0 Å². The van der Waals surface area contributed by atoms with Gasteiger partial charge < -0.3 is 25.2 Å². The zero-order chi connectivity index (χ0) is 23.3. The lowest BCUT2D eigenvalue weighted by atomic mass is 9.94. The number of hydrogen-bond donors (Lipinski definition) is 3. The van der Waals surface area contributed by atoms with Gasteiger partial charge in [0.1, 0.15) is 12.6 Å². The van der Waals surface area contributed by atoms with E-state index in [4.69, 9.17) is 9.47 Å². The molecule has 8 heteroatoms. The molecule has 0 saturated heterocycles. The molecule has 0 aliphatic heterocycles. The Morgan fingerprint density at radius 2 is 1.59 bits per heavy atom. The molecule has 1 aliphatic rings. The molecule has 0 unspecified atom stereocenters. The summed E-state index contributed by atoms with van der Waals surface area (Å²) in [5.41, 5.74) is 3.27. The lowest BCUT2D eigenvalue weighted by Crippen LogP contribution is -2.51. The number of nitrogens with one attached hydrogen (secondary N) is 2. The fourth-order valence-corrected chi connectivity index (χ4v) is 3.64. The van der Waals surface area contributed by atoms with Crippen LogP contribution in [0.1, 0.15) is 30.9 Å². The third-order valence-corrected chi connectivity index (χ3v) is 5.57. The molecule has 170 valence electrons. The van der Waals surface area contributed by atoms with Crippen molar-refractivity contribution in [2.45, 2.75) is 25.8 Å². The molecule has 0 aromatic heterocycles. The minimum atomic E-state index is -1.14. The number of rotatable bonds is 9.